The van der Waals surface area contributed by atoms with Crippen LogP contribution in [0.25, 0.3) is 21.9 Å². The van der Waals surface area contributed by atoms with Crippen LogP contribution in [0.15, 0.2) is 54.0 Å². The molecular weight excluding hydrogens is 461 g/mol. The van der Waals surface area contributed by atoms with E-state index < -0.39 is 11.7 Å². The molecule has 1 saturated heterocycles. The largest absolute Gasteiger partial charge is 0.491 e. The molecule has 11 heteroatoms. The fourth-order valence-electron chi connectivity index (χ4n) is 4.14. The van der Waals surface area contributed by atoms with Gasteiger partial charge in [-0.1, -0.05) is 6.07 Å². The van der Waals surface area contributed by atoms with Crippen molar-refractivity contribution < 1.29 is 22.6 Å². The molecule has 35 heavy (non-hydrogen) atoms. The Morgan fingerprint density at radius 3 is 2.83 bits per heavy atom. The lowest BCUT2D eigenvalue weighted by atomic mass is 10.1. The van der Waals surface area contributed by atoms with E-state index in [0.717, 1.165) is 11.5 Å². The topological polar surface area (TPSA) is 77.7 Å². The van der Waals surface area contributed by atoms with E-state index in [1.54, 1.807) is 6.34 Å². The molecular formula is C24H23F3N6O2. The zero-order valence-corrected chi connectivity index (χ0v) is 19.1. The number of hydrogen-bond acceptors (Lipinski definition) is 6. The van der Waals surface area contributed by atoms with Gasteiger partial charge in [-0.25, -0.2) is 15.0 Å². The van der Waals surface area contributed by atoms with Crippen LogP contribution in [0.2, 0.25) is 0 Å². The summed E-state index contributed by atoms with van der Waals surface area (Å²) in [6.45, 7) is 0.124. The summed E-state index contributed by atoms with van der Waals surface area (Å²) in [6.07, 6.45) is 2.82. The van der Waals surface area contributed by atoms with Crippen molar-refractivity contribution in [3.05, 3.63) is 54.6 Å². The van der Waals surface area contributed by atoms with Crippen LogP contribution >= 0.6 is 0 Å². The summed E-state index contributed by atoms with van der Waals surface area (Å²) < 4.78 is 54.5. The zero-order valence-electron chi connectivity index (χ0n) is 19.1. The lowest BCUT2D eigenvalue weighted by Gasteiger charge is -2.17. The Kier molecular flexibility index (Phi) is 6.01. The van der Waals surface area contributed by atoms with Crippen LogP contribution in [-0.4, -0.2) is 57.6 Å². The van der Waals surface area contributed by atoms with Crippen molar-refractivity contribution in [1.82, 2.24) is 24.4 Å². The molecule has 2 unspecified atom stereocenters. The van der Waals surface area contributed by atoms with Gasteiger partial charge in [0.15, 0.2) is 5.82 Å². The quantitative estimate of drug-likeness (QED) is 0.284. The van der Waals surface area contributed by atoms with E-state index in [-0.39, 0.29) is 35.6 Å². The number of ether oxygens (including phenoxy) is 2. The summed E-state index contributed by atoms with van der Waals surface area (Å²) in [7, 11) is 3.75. The highest BCUT2D eigenvalue weighted by Gasteiger charge is 2.34. The molecule has 8 nitrogen and oxygen atoms in total. The van der Waals surface area contributed by atoms with E-state index in [0.29, 0.717) is 24.3 Å². The molecule has 2 atom stereocenters. The van der Waals surface area contributed by atoms with Gasteiger partial charge in [-0.3, -0.25) is 4.98 Å². The van der Waals surface area contributed by atoms with Crippen LogP contribution in [0.5, 0.6) is 5.75 Å². The molecule has 182 valence electrons. The first-order valence-corrected chi connectivity index (χ1v) is 11.1. The Balaban J connectivity index is 1.30. The van der Waals surface area contributed by atoms with Gasteiger partial charge in [0.05, 0.1) is 28.9 Å². The first-order chi connectivity index (χ1) is 16.8. The van der Waals surface area contributed by atoms with Crippen molar-refractivity contribution in [2.75, 3.05) is 20.7 Å². The number of alkyl halides is 3. The van der Waals surface area contributed by atoms with Crippen molar-refractivity contribution in [2.24, 2.45) is 4.99 Å². The predicted molar refractivity (Wildman–Crippen MR) is 125 cm³/mol. The van der Waals surface area contributed by atoms with Crippen LogP contribution in [0.4, 0.5) is 19.0 Å². The minimum atomic E-state index is -4.51. The third-order valence-corrected chi connectivity index (χ3v) is 5.73. The first kappa shape index (κ1) is 23.0. The SMILES string of the molecule is CN(C)/C=N/c1ncnc2c1ccn2C1CCC(COc2cc(C(F)(F)F)c3cccnc3c2)O1. The average Bonchev–Trinajstić information content (AvgIpc) is 3.47. The third-order valence-electron chi connectivity index (χ3n) is 5.73. The van der Waals surface area contributed by atoms with Crippen LogP contribution in [-0.2, 0) is 10.9 Å². The highest BCUT2D eigenvalue weighted by atomic mass is 19.4. The maximum atomic E-state index is 13.6. The van der Waals surface area contributed by atoms with Crippen molar-refractivity contribution in [1.29, 1.82) is 0 Å². The van der Waals surface area contributed by atoms with Gasteiger partial charge in [-0.15, -0.1) is 0 Å². The monoisotopic (exact) mass is 484 g/mol. The van der Waals surface area contributed by atoms with Gasteiger partial charge in [0, 0.05) is 37.9 Å². The maximum Gasteiger partial charge on any atom is 0.417 e. The molecule has 5 rings (SSSR count). The van der Waals surface area contributed by atoms with Gasteiger partial charge in [0.1, 0.15) is 30.6 Å². The fourth-order valence-corrected chi connectivity index (χ4v) is 4.14. The number of hydrogen-bond donors (Lipinski definition) is 0. The standard InChI is InChI=1S/C24H23F3N6O2/c1-32(2)14-31-22-18-7-9-33(23(18)30-13-29-22)21-6-5-15(35-21)12-34-16-10-19(24(25,26)27)17-4-3-8-28-20(17)11-16/h3-4,7-11,13-15,21H,5-6,12H2,1-2H3/b31-14+. The summed E-state index contributed by atoms with van der Waals surface area (Å²) in [5.74, 6) is 0.670. The summed E-state index contributed by atoms with van der Waals surface area (Å²) in [5, 5.41) is 0.845. The van der Waals surface area contributed by atoms with E-state index >= 15 is 0 Å². The molecule has 3 aromatic heterocycles. The van der Waals surface area contributed by atoms with Crippen molar-refractivity contribution in [3.63, 3.8) is 0 Å². The Labute approximate surface area is 199 Å². The van der Waals surface area contributed by atoms with E-state index in [2.05, 4.69) is 19.9 Å². The van der Waals surface area contributed by atoms with Crippen molar-refractivity contribution in [3.8, 4) is 5.75 Å². The van der Waals surface area contributed by atoms with Gasteiger partial charge in [-0.05, 0) is 31.0 Å². The summed E-state index contributed by atoms with van der Waals surface area (Å²) in [4.78, 5) is 18.9. The van der Waals surface area contributed by atoms with Crippen molar-refractivity contribution >= 4 is 34.1 Å². The number of rotatable bonds is 6. The molecule has 0 spiro atoms. The highest BCUT2D eigenvalue weighted by Crippen LogP contribution is 2.38. The zero-order chi connectivity index (χ0) is 24.6. The van der Waals surface area contributed by atoms with Gasteiger partial charge in [0.2, 0.25) is 0 Å². The number of aliphatic imine (C=N–C) groups is 1. The van der Waals surface area contributed by atoms with Gasteiger partial charge >= 0.3 is 6.18 Å². The molecule has 0 N–H and O–H groups in total. The minimum absolute atomic E-state index is 0.0419. The molecule has 4 heterocycles. The van der Waals surface area contributed by atoms with E-state index in [1.165, 1.54) is 30.7 Å². The second kappa shape index (κ2) is 9.14. The summed E-state index contributed by atoms with van der Waals surface area (Å²) in [5.41, 5.74) is 0.163. The second-order valence-corrected chi connectivity index (χ2v) is 8.51. The maximum absolute atomic E-state index is 13.6. The third kappa shape index (κ3) is 4.76. The summed E-state index contributed by atoms with van der Waals surface area (Å²) in [6, 6.07) is 7.32. The number of benzene rings is 1. The van der Waals surface area contributed by atoms with Gasteiger partial charge in [-0.2, -0.15) is 13.2 Å². The van der Waals surface area contributed by atoms with Crippen LogP contribution < -0.4 is 4.74 Å². The molecule has 1 fully saturated rings. The molecule has 0 radical (unpaired) electrons. The Morgan fingerprint density at radius 1 is 1.17 bits per heavy atom. The Hall–Kier alpha value is -3.73. The number of fused-ring (bicyclic) bond motifs is 2. The highest BCUT2D eigenvalue weighted by molar-refractivity contribution is 5.87. The van der Waals surface area contributed by atoms with Gasteiger partial charge < -0.3 is 18.9 Å². The number of aromatic nitrogens is 4. The number of pyridine rings is 1. The second-order valence-electron chi connectivity index (χ2n) is 8.51. The van der Waals surface area contributed by atoms with Gasteiger partial charge in [0.25, 0.3) is 0 Å². The fraction of sp³-hybridized carbons (Fsp3) is 0.333. The van der Waals surface area contributed by atoms with Crippen LogP contribution in [0.1, 0.15) is 24.6 Å². The Bertz CT molecular complexity index is 1380. The first-order valence-electron chi connectivity index (χ1n) is 11.1. The van der Waals surface area contributed by atoms with Crippen molar-refractivity contribution in [2.45, 2.75) is 31.3 Å². The van der Waals surface area contributed by atoms with E-state index in [9.17, 15) is 13.2 Å². The Morgan fingerprint density at radius 2 is 2.03 bits per heavy atom. The molecule has 4 aromatic rings. The number of halogens is 3. The van der Waals surface area contributed by atoms with E-state index in [4.69, 9.17) is 9.47 Å². The molecule has 0 amide bonds. The summed E-state index contributed by atoms with van der Waals surface area (Å²) >= 11 is 0. The molecule has 1 aliphatic heterocycles. The lowest BCUT2D eigenvalue weighted by molar-refractivity contribution is -0.136. The molecule has 0 bridgehead atoms. The minimum Gasteiger partial charge on any atom is -0.491 e. The smallest absolute Gasteiger partial charge is 0.417 e. The molecule has 0 aliphatic carbocycles. The normalized spacial score (nSPS) is 18.7. The van der Waals surface area contributed by atoms with E-state index in [1.807, 2.05) is 35.8 Å². The predicted octanol–water partition coefficient (Wildman–Crippen LogP) is 4.98. The molecule has 0 saturated carbocycles. The molecule has 1 aliphatic rings. The van der Waals surface area contributed by atoms with Crippen LogP contribution in [0.3, 0.4) is 0 Å². The van der Waals surface area contributed by atoms with Crippen LogP contribution in [0, 0.1) is 0 Å². The molecule has 1 aromatic carbocycles. The lowest BCUT2D eigenvalue weighted by Crippen LogP contribution is -2.19. The number of nitrogens with zero attached hydrogens (tertiary/aromatic N) is 6. The average molecular weight is 484 g/mol.